The first-order valence-electron chi connectivity index (χ1n) is 13.8. The van der Waals surface area contributed by atoms with Gasteiger partial charge in [0.1, 0.15) is 37.4 Å². The number of rotatable bonds is 6. The topological polar surface area (TPSA) is 3.01 Å². The van der Waals surface area contributed by atoms with E-state index in [4.69, 9.17) is 0 Å². The van der Waals surface area contributed by atoms with Crippen LogP contribution in [0.4, 0.5) is 43.9 Å². The van der Waals surface area contributed by atoms with E-state index in [2.05, 4.69) is 0 Å². The SMILES string of the molecule is C[N+](C)=C1CC(C)(C)C2=C1[C@H]([B-](CCc1ccccc1)(c1c(F)c(F)c(F)c(F)c1F)c1c(F)c(F)c(F)c(F)c1F)C=C2. The number of halogens is 10. The van der Waals surface area contributed by atoms with Crippen LogP contribution in [0.25, 0.3) is 0 Å². The van der Waals surface area contributed by atoms with E-state index in [1.54, 1.807) is 49.0 Å². The molecule has 232 valence electrons. The van der Waals surface area contributed by atoms with Crippen LogP contribution in [0.5, 0.6) is 0 Å². The van der Waals surface area contributed by atoms with E-state index in [0.717, 1.165) is 0 Å². The molecule has 0 unspecified atom stereocenters. The van der Waals surface area contributed by atoms with Gasteiger partial charge in [0.05, 0.1) is 6.15 Å². The number of benzene rings is 3. The summed E-state index contributed by atoms with van der Waals surface area (Å²) in [4.78, 5) is 0. The standard InChI is InChI=1S/C32H26BF10N/c1-32(2)14-18(44(3)4)19-16(32)10-11-17(19)33(13-12-15-8-6-5-7-9-15,20-22(34)26(38)30(42)27(39)23(20)35)21-24(36)28(40)31(43)29(41)25(21)37/h5-11,17H,12-14H2,1-4H3/t17-/m1/s1. The van der Waals surface area contributed by atoms with Crippen LogP contribution in [0.3, 0.4) is 0 Å². The second-order valence-corrected chi connectivity index (χ2v) is 12.2. The predicted molar refractivity (Wildman–Crippen MR) is 148 cm³/mol. The van der Waals surface area contributed by atoms with Crippen molar-refractivity contribution in [2.24, 2.45) is 5.41 Å². The molecule has 1 nitrogen and oxygen atoms in total. The number of nitrogens with zero attached hydrogens (tertiary/aromatic N) is 1. The fourth-order valence-corrected chi connectivity index (χ4v) is 7.14. The molecule has 0 aromatic heterocycles. The Kier molecular flexibility index (Phi) is 7.87. The Morgan fingerprint density at radius 1 is 0.682 bits per heavy atom. The van der Waals surface area contributed by atoms with Crippen molar-refractivity contribution in [2.45, 2.75) is 38.8 Å². The maximum Gasteiger partial charge on any atom is 0.200 e. The molecule has 0 bridgehead atoms. The number of hydrogen-bond donors (Lipinski definition) is 0. The quantitative estimate of drug-likeness (QED) is 0.0893. The number of hydrogen-bond acceptors (Lipinski definition) is 0. The Morgan fingerprint density at radius 2 is 1.11 bits per heavy atom. The molecule has 2 aliphatic carbocycles. The van der Waals surface area contributed by atoms with Crippen LogP contribution in [0.15, 0.2) is 53.6 Å². The lowest BCUT2D eigenvalue weighted by molar-refractivity contribution is -0.465. The lowest BCUT2D eigenvalue weighted by atomic mass is 9.10. The normalized spacial score (nSPS) is 17.6. The van der Waals surface area contributed by atoms with Crippen LogP contribution in [-0.2, 0) is 6.42 Å². The third-order valence-electron chi connectivity index (χ3n) is 9.14. The van der Waals surface area contributed by atoms with E-state index < -0.39 is 92.8 Å². The molecule has 0 amide bonds. The molecule has 12 heteroatoms. The number of allylic oxidation sites excluding steroid dienone is 4. The van der Waals surface area contributed by atoms with E-state index in [9.17, 15) is 26.3 Å². The molecule has 2 aliphatic rings. The third-order valence-corrected chi connectivity index (χ3v) is 9.14. The zero-order valence-corrected chi connectivity index (χ0v) is 24.0. The van der Waals surface area contributed by atoms with Crippen molar-refractivity contribution in [3.8, 4) is 0 Å². The third kappa shape index (κ3) is 4.51. The molecule has 3 aromatic carbocycles. The molecule has 0 saturated carbocycles. The van der Waals surface area contributed by atoms with Crippen molar-refractivity contribution in [3.05, 3.63) is 117 Å². The van der Waals surface area contributed by atoms with Crippen LogP contribution in [0.1, 0.15) is 25.8 Å². The first kappa shape index (κ1) is 31.6. The first-order chi connectivity index (χ1) is 20.6. The highest BCUT2D eigenvalue weighted by atomic mass is 19.2. The van der Waals surface area contributed by atoms with E-state index >= 15 is 17.6 Å². The summed E-state index contributed by atoms with van der Waals surface area (Å²) in [6.45, 7) is 3.64. The number of aryl methyl sites for hydroxylation is 1. The van der Waals surface area contributed by atoms with Gasteiger partial charge in [-0.05, 0) is 16.6 Å². The summed E-state index contributed by atoms with van der Waals surface area (Å²) in [6.07, 6.45) is -1.99. The van der Waals surface area contributed by atoms with Gasteiger partial charge >= 0.3 is 0 Å². The van der Waals surface area contributed by atoms with Gasteiger partial charge in [0.15, 0.2) is 40.6 Å². The molecule has 0 radical (unpaired) electrons. The average molecular weight is 625 g/mol. The second kappa shape index (κ2) is 11.0. The van der Waals surface area contributed by atoms with Crippen molar-refractivity contribution in [1.82, 2.24) is 0 Å². The highest BCUT2D eigenvalue weighted by Crippen LogP contribution is 2.53. The van der Waals surface area contributed by atoms with Crippen molar-refractivity contribution in [2.75, 3.05) is 14.1 Å². The largest absolute Gasteiger partial charge is 0.239 e. The van der Waals surface area contributed by atoms with Crippen LogP contribution in [-0.4, -0.2) is 30.5 Å². The molecule has 1 atom stereocenters. The molecule has 0 fully saturated rings. The van der Waals surface area contributed by atoms with Gasteiger partial charge in [0, 0.05) is 6.42 Å². The van der Waals surface area contributed by atoms with Crippen molar-refractivity contribution < 1.29 is 48.5 Å². The van der Waals surface area contributed by atoms with Crippen molar-refractivity contribution >= 4 is 22.8 Å². The Bertz CT molecular complexity index is 1660. The molecule has 0 N–H and O–H groups in total. The highest BCUT2D eigenvalue weighted by molar-refractivity contribution is 7.04. The van der Waals surface area contributed by atoms with E-state index in [1.807, 2.05) is 13.8 Å². The summed E-state index contributed by atoms with van der Waals surface area (Å²) in [7, 11) is 3.26. The van der Waals surface area contributed by atoms with Gasteiger partial charge < -0.3 is 0 Å². The van der Waals surface area contributed by atoms with Crippen LogP contribution >= 0.6 is 0 Å². The van der Waals surface area contributed by atoms with Crippen LogP contribution < -0.4 is 10.9 Å². The van der Waals surface area contributed by atoms with E-state index in [-0.39, 0.29) is 12.0 Å². The minimum atomic E-state index is -4.08. The molecular formula is C32H26BF10N. The molecule has 0 spiro atoms. The van der Waals surface area contributed by atoms with Gasteiger partial charge in [-0.2, -0.15) is 6.32 Å². The Labute approximate surface area is 247 Å². The maximum absolute atomic E-state index is 16.0. The fourth-order valence-electron chi connectivity index (χ4n) is 7.14. The zero-order valence-electron chi connectivity index (χ0n) is 24.0. The van der Waals surface area contributed by atoms with Gasteiger partial charge in [0.2, 0.25) is 0 Å². The molecule has 0 heterocycles. The summed E-state index contributed by atoms with van der Waals surface area (Å²) in [5.74, 6) is -25.9. The Morgan fingerprint density at radius 3 is 1.55 bits per heavy atom. The maximum atomic E-state index is 16.0. The lowest BCUT2D eigenvalue weighted by Gasteiger charge is -2.47. The van der Waals surface area contributed by atoms with Crippen molar-refractivity contribution in [1.29, 1.82) is 0 Å². The minimum absolute atomic E-state index is 0.265. The van der Waals surface area contributed by atoms with E-state index in [1.165, 1.54) is 12.2 Å². The van der Waals surface area contributed by atoms with Gasteiger partial charge in [-0.25, -0.2) is 48.5 Å². The minimum Gasteiger partial charge on any atom is -0.239 e. The van der Waals surface area contributed by atoms with Gasteiger partial charge in [0.25, 0.3) is 0 Å². The Hall–Kier alpha value is -3.83. The lowest BCUT2D eigenvalue weighted by Crippen LogP contribution is -2.67. The molecule has 44 heavy (non-hydrogen) atoms. The molecular weight excluding hydrogens is 599 g/mol. The van der Waals surface area contributed by atoms with E-state index in [0.29, 0.717) is 23.3 Å². The monoisotopic (exact) mass is 625 g/mol. The first-order valence-corrected chi connectivity index (χ1v) is 13.8. The summed E-state index contributed by atoms with van der Waals surface area (Å²) in [5.41, 5.74) is -2.18. The highest BCUT2D eigenvalue weighted by Gasteiger charge is 2.53. The molecule has 0 aliphatic heterocycles. The smallest absolute Gasteiger partial charge is 0.200 e. The zero-order chi connectivity index (χ0) is 32.5. The molecule has 0 saturated heterocycles. The summed E-state index contributed by atoms with van der Waals surface area (Å²) in [5, 5.41) is 0. The summed E-state index contributed by atoms with van der Waals surface area (Å²) >= 11 is 0. The van der Waals surface area contributed by atoms with Crippen LogP contribution in [0.2, 0.25) is 12.1 Å². The van der Waals surface area contributed by atoms with Gasteiger partial charge in [-0.15, -0.1) is 22.8 Å². The molecule has 3 aromatic rings. The molecule has 5 rings (SSSR count). The average Bonchev–Trinajstić information content (AvgIpc) is 3.55. The second-order valence-electron chi connectivity index (χ2n) is 12.2. The van der Waals surface area contributed by atoms with Gasteiger partial charge in [-0.3, -0.25) is 0 Å². The summed E-state index contributed by atoms with van der Waals surface area (Å²) in [6, 6.07) is 7.88. The van der Waals surface area contributed by atoms with Crippen LogP contribution in [0, 0.1) is 63.6 Å². The summed E-state index contributed by atoms with van der Waals surface area (Å²) < 4.78 is 154. The fraction of sp³-hybridized carbons (Fsp3) is 0.281. The Balaban J connectivity index is 2.02. The predicted octanol–water partition coefficient (Wildman–Crippen LogP) is 7.26. The van der Waals surface area contributed by atoms with Crippen molar-refractivity contribution in [3.63, 3.8) is 0 Å². The van der Waals surface area contributed by atoms with Gasteiger partial charge in [-0.1, -0.05) is 62.2 Å².